The number of hydrogen-bond donors (Lipinski definition) is 0. The molecule has 4 rings (SSSR count). The molecule has 4 heteroatoms. The zero-order valence-electron chi connectivity index (χ0n) is 11.3. The van der Waals surface area contributed by atoms with E-state index >= 15 is 0 Å². The summed E-state index contributed by atoms with van der Waals surface area (Å²) in [6.07, 6.45) is 3.59. The molecule has 1 saturated carbocycles. The van der Waals surface area contributed by atoms with E-state index in [0.29, 0.717) is 11.3 Å². The monoisotopic (exact) mass is 272 g/mol. The van der Waals surface area contributed by atoms with Gasteiger partial charge in [-0.1, -0.05) is 17.3 Å². The Morgan fingerprint density at radius 2 is 2.15 bits per heavy atom. The first-order chi connectivity index (χ1) is 9.81. The van der Waals surface area contributed by atoms with Crippen LogP contribution in [0.2, 0.25) is 0 Å². The van der Waals surface area contributed by atoms with E-state index < -0.39 is 0 Å². The minimum absolute atomic E-state index is 0.233. The second-order valence-electron chi connectivity index (χ2n) is 5.84. The maximum absolute atomic E-state index is 13.9. The van der Waals surface area contributed by atoms with Crippen molar-refractivity contribution in [1.82, 2.24) is 10.1 Å². The molecule has 3 nitrogen and oxygen atoms in total. The SMILES string of the molecule is Fc1ccccc1-c1noc2c1CN(CC1CC1)CC2. The second-order valence-corrected chi connectivity index (χ2v) is 5.84. The molecule has 0 atom stereocenters. The fourth-order valence-corrected chi connectivity index (χ4v) is 2.95. The Balaban J connectivity index is 1.66. The van der Waals surface area contributed by atoms with Crippen LogP contribution in [0.4, 0.5) is 4.39 Å². The van der Waals surface area contributed by atoms with Crippen molar-refractivity contribution < 1.29 is 8.91 Å². The van der Waals surface area contributed by atoms with Crippen LogP contribution in [-0.2, 0) is 13.0 Å². The van der Waals surface area contributed by atoms with Gasteiger partial charge in [0.05, 0.1) is 0 Å². The number of fused-ring (bicyclic) bond motifs is 1. The summed E-state index contributed by atoms with van der Waals surface area (Å²) in [5.41, 5.74) is 2.30. The number of nitrogens with zero attached hydrogens (tertiary/aromatic N) is 2. The van der Waals surface area contributed by atoms with Crippen molar-refractivity contribution in [1.29, 1.82) is 0 Å². The lowest BCUT2D eigenvalue weighted by molar-refractivity contribution is 0.228. The Morgan fingerprint density at radius 1 is 1.30 bits per heavy atom. The fraction of sp³-hybridized carbons (Fsp3) is 0.438. The summed E-state index contributed by atoms with van der Waals surface area (Å²) in [5, 5.41) is 4.12. The zero-order chi connectivity index (χ0) is 13.5. The van der Waals surface area contributed by atoms with Gasteiger partial charge in [-0.2, -0.15) is 0 Å². The summed E-state index contributed by atoms with van der Waals surface area (Å²) < 4.78 is 19.4. The third-order valence-corrected chi connectivity index (χ3v) is 4.25. The maximum Gasteiger partial charge on any atom is 0.143 e. The highest BCUT2D eigenvalue weighted by atomic mass is 19.1. The van der Waals surface area contributed by atoms with Crippen molar-refractivity contribution in [2.24, 2.45) is 5.92 Å². The predicted octanol–water partition coefficient (Wildman–Crippen LogP) is 3.25. The highest BCUT2D eigenvalue weighted by Gasteiger charge is 2.30. The first-order valence-electron chi connectivity index (χ1n) is 7.26. The van der Waals surface area contributed by atoms with Gasteiger partial charge in [-0.05, 0) is 30.9 Å². The van der Waals surface area contributed by atoms with Gasteiger partial charge in [0.25, 0.3) is 0 Å². The van der Waals surface area contributed by atoms with E-state index in [0.717, 1.165) is 43.3 Å². The predicted molar refractivity (Wildman–Crippen MR) is 73.6 cm³/mol. The van der Waals surface area contributed by atoms with Crippen molar-refractivity contribution >= 4 is 0 Å². The van der Waals surface area contributed by atoms with Crippen LogP contribution < -0.4 is 0 Å². The van der Waals surface area contributed by atoms with Gasteiger partial charge >= 0.3 is 0 Å². The normalized spacial score (nSPS) is 19.1. The highest BCUT2D eigenvalue weighted by Crippen LogP contribution is 2.34. The summed E-state index contributed by atoms with van der Waals surface area (Å²) in [4.78, 5) is 2.45. The van der Waals surface area contributed by atoms with Gasteiger partial charge in [-0.3, -0.25) is 4.90 Å². The molecular weight excluding hydrogens is 255 g/mol. The van der Waals surface area contributed by atoms with Gasteiger partial charge in [0, 0.05) is 37.2 Å². The Morgan fingerprint density at radius 3 is 2.95 bits per heavy atom. The van der Waals surface area contributed by atoms with Crippen LogP contribution in [0.1, 0.15) is 24.2 Å². The molecule has 2 aliphatic rings. The van der Waals surface area contributed by atoms with Crippen LogP contribution in [0.3, 0.4) is 0 Å². The standard InChI is InChI=1S/C16H17FN2O/c17-14-4-2-1-3-12(14)16-13-10-19(9-11-5-6-11)8-7-15(13)20-18-16/h1-4,11H,5-10H2. The van der Waals surface area contributed by atoms with Crippen LogP contribution in [0, 0.1) is 11.7 Å². The van der Waals surface area contributed by atoms with Gasteiger partial charge < -0.3 is 4.52 Å². The summed E-state index contributed by atoms with van der Waals surface area (Å²) in [6.45, 7) is 3.01. The summed E-state index contributed by atoms with van der Waals surface area (Å²) in [7, 11) is 0. The van der Waals surface area contributed by atoms with E-state index in [1.54, 1.807) is 12.1 Å². The molecule has 0 radical (unpaired) electrons. The van der Waals surface area contributed by atoms with Crippen LogP contribution >= 0.6 is 0 Å². The molecule has 0 unspecified atom stereocenters. The van der Waals surface area contributed by atoms with E-state index in [1.807, 2.05) is 6.07 Å². The molecule has 1 aliphatic heterocycles. The van der Waals surface area contributed by atoms with E-state index in [-0.39, 0.29) is 5.82 Å². The lowest BCUT2D eigenvalue weighted by Gasteiger charge is -2.25. The molecule has 0 saturated heterocycles. The van der Waals surface area contributed by atoms with Crippen molar-refractivity contribution in [3.8, 4) is 11.3 Å². The van der Waals surface area contributed by atoms with Crippen molar-refractivity contribution in [3.63, 3.8) is 0 Å². The molecule has 1 aromatic heterocycles. The molecule has 1 aromatic carbocycles. The van der Waals surface area contributed by atoms with Crippen molar-refractivity contribution in [3.05, 3.63) is 41.4 Å². The molecule has 2 aromatic rings. The first kappa shape index (κ1) is 12.1. The molecule has 1 fully saturated rings. The lowest BCUT2D eigenvalue weighted by Crippen LogP contribution is -2.31. The maximum atomic E-state index is 13.9. The number of aromatic nitrogens is 1. The Labute approximate surface area is 117 Å². The van der Waals surface area contributed by atoms with E-state index in [9.17, 15) is 4.39 Å². The molecule has 0 spiro atoms. The van der Waals surface area contributed by atoms with Crippen LogP contribution in [0.25, 0.3) is 11.3 Å². The van der Waals surface area contributed by atoms with Gasteiger partial charge in [0.2, 0.25) is 0 Å². The van der Waals surface area contributed by atoms with Gasteiger partial charge in [0.15, 0.2) is 0 Å². The summed E-state index contributed by atoms with van der Waals surface area (Å²) >= 11 is 0. The molecule has 0 amide bonds. The molecule has 2 heterocycles. The third kappa shape index (κ3) is 2.14. The van der Waals surface area contributed by atoms with Crippen LogP contribution in [0.15, 0.2) is 28.8 Å². The number of halogens is 1. The molecular formula is C16H17FN2O. The van der Waals surface area contributed by atoms with Gasteiger partial charge in [-0.15, -0.1) is 0 Å². The number of hydrogen-bond acceptors (Lipinski definition) is 3. The fourth-order valence-electron chi connectivity index (χ4n) is 2.95. The molecule has 0 bridgehead atoms. The number of benzene rings is 1. The smallest absolute Gasteiger partial charge is 0.143 e. The Bertz CT molecular complexity index is 633. The minimum Gasteiger partial charge on any atom is -0.360 e. The van der Waals surface area contributed by atoms with E-state index in [4.69, 9.17) is 4.52 Å². The Kier molecular flexibility index (Phi) is 2.84. The molecule has 0 N–H and O–H groups in total. The van der Waals surface area contributed by atoms with Crippen molar-refractivity contribution in [2.45, 2.75) is 25.8 Å². The van der Waals surface area contributed by atoms with E-state index in [2.05, 4.69) is 10.1 Å². The highest BCUT2D eigenvalue weighted by molar-refractivity contribution is 5.64. The van der Waals surface area contributed by atoms with Crippen molar-refractivity contribution in [2.75, 3.05) is 13.1 Å². The average molecular weight is 272 g/mol. The second kappa shape index (κ2) is 4.70. The molecule has 104 valence electrons. The van der Waals surface area contributed by atoms with Gasteiger partial charge in [0.1, 0.15) is 17.3 Å². The quantitative estimate of drug-likeness (QED) is 0.859. The van der Waals surface area contributed by atoms with Gasteiger partial charge in [-0.25, -0.2) is 4.39 Å². The number of rotatable bonds is 3. The largest absolute Gasteiger partial charge is 0.360 e. The molecule has 1 aliphatic carbocycles. The Hall–Kier alpha value is -1.68. The third-order valence-electron chi connectivity index (χ3n) is 4.25. The van der Waals surface area contributed by atoms with Crippen LogP contribution in [0.5, 0.6) is 0 Å². The minimum atomic E-state index is -0.233. The molecule has 20 heavy (non-hydrogen) atoms. The summed E-state index contributed by atoms with van der Waals surface area (Å²) in [5.74, 6) is 1.56. The van der Waals surface area contributed by atoms with Crippen LogP contribution in [-0.4, -0.2) is 23.1 Å². The zero-order valence-corrected chi connectivity index (χ0v) is 11.3. The first-order valence-corrected chi connectivity index (χ1v) is 7.26. The average Bonchev–Trinajstić information content (AvgIpc) is 3.17. The van der Waals surface area contributed by atoms with E-state index in [1.165, 1.54) is 18.9 Å². The lowest BCUT2D eigenvalue weighted by atomic mass is 10.0. The summed E-state index contributed by atoms with van der Waals surface area (Å²) in [6, 6.07) is 6.78. The topological polar surface area (TPSA) is 29.3 Å².